The van der Waals surface area contributed by atoms with Gasteiger partial charge in [-0.2, -0.15) is 4.98 Å². The number of aromatic nitrogens is 2. The van der Waals surface area contributed by atoms with Gasteiger partial charge in [0.1, 0.15) is 23.2 Å². The van der Waals surface area contributed by atoms with Crippen molar-refractivity contribution in [3.63, 3.8) is 0 Å². The molecule has 1 aromatic carbocycles. The summed E-state index contributed by atoms with van der Waals surface area (Å²) >= 11 is 6.08. The van der Waals surface area contributed by atoms with Gasteiger partial charge in [0, 0.05) is 43.4 Å². The number of urea groups is 1. The van der Waals surface area contributed by atoms with Crippen LogP contribution in [0.25, 0.3) is 5.69 Å². The molecule has 14 heteroatoms. The molecule has 0 unspecified atom stereocenters. The number of nitrogens with one attached hydrogen (secondary N) is 1. The number of ether oxygens (including phenoxy) is 2. The molecule has 3 heterocycles. The van der Waals surface area contributed by atoms with E-state index in [-0.39, 0.29) is 49.5 Å². The molecule has 2 saturated heterocycles. The number of amides is 4. The molecule has 1 aromatic heterocycles. The molecule has 2 atom stereocenters. The molecule has 2 fully saturated rings. The van der Waals surface area contributed by atoms with Crippen LogP contribution in [0.15, 0.2) is 35.3 Å². The first-order valence-electron chi connectivity index (χ1n) is 14.3. The third-order valence-electron chi connectivity index (χ3n) is 7.36. The Labute approximate surface area is 261 Å². The van der Waals surface area contributed by atoms with Crippen LogP contribution in [0.1, 0.15) is 58.8 Å². The minimum Gasteiger partial charge on any atom is -0.444 e. The van der Waals surface area contributed by atoms with Crippen LogP contribution in [0, 0.1) is 5.41 Å². The molecule has 4 rings (SSSR count). The first-order chi connectivity index (χ1) is 20.4. The van der Waals surface area contributed by atoms with Crippen molar-refractivity contribution in [3.05, 3.63) is 51.5 Å². The molecule has 2 aliphatic rings. The van der Waals surface area contributed by atoms with Gasteiger partial charge in [0.15, 0.2) is 6.29 Å². The summed E-state index contributed by atoms with van der Waals surface area (Å²) in [5.41, 5.74) is -2.48. The van der Waals surface area contributed by atoms with Gasteiger partial charge >= 0.3 is 17.8 Å². The Morgan fingerprint density at radius 2 is 1.70 bits per heavy atom. The lowest BCUT2D eigenvalue weighted by Crippen LogP contribution is -2.64. The number of nitrogens with zero attached hydrogens (tertiary/aromatic N) is 5. The van der Waals surface area contributed by atoms with Gasteiger partial charge in [0.2, 0.25) is 0 Å². The maximum Gasteiger partial charge on any atom is 0.413 e. The maximum atomic E-state index is 13.9. The summed E-state index contributed by atoms with van der Waals surface area (Å²) in [6.45, 7) is 13.7. The van der Waals surface area contributed by atoms with Crippen molar-refractivity contribution in [1.29, 1.82) is 0 Å². The lowest BCUT2D eigenvalue weighted by atomic mass is 9.91. The van der Waals surface area contributed by atoms with E-state index >= 15 is 0 Å². The first kappa shape index (κ1) is 32.9. The summed E-state index contributed by atoms with van der Waals surface area (Å²) in [6.07, 6.45) is 0.763. The molecule has 2 aromatic rings. The molecule has 4 amide bonds. The summed E-state index contributed by atoms with van der Waals surface area (Å²) in [6, 6.07) is 5.53. The van der Waals surface area contributed by atoms with Crippen LogP contribution in [0.4, 0.5) is 15.4 Å². The van der Waals surface area contributed by atoms with Crippen molar-refractivity contribution in [2.45, 2.75) is 65.8 Å². The fourth-order valence-corrected chi connectivity index (χ4v) is 5.35. The summed E-state index contributed by atoms with van der Waals surface area (Å²) in [5, 5.41) is 2.83. The number of hydrogen-bond acceptors (Lipinski definition) is 8. The Morgan fingerprint density at radius 1 is 1.07 bits per heavy atom. The third kappa shape index (κ3) is 6.88. The highest BCUT2D eigenvalue weighted by Gasteiger charge is 2.57. The lowest BCUT2D eigenvalue weighted by Gasteiger charge is -2.43. The highest BCUT2D eigenvalue weighted by atomic mass is 35.5. The quantitative estimate of drug-likeness (QED) is 0.503. The normalized spacial score (nSPS) is 20.8. The van der Waals surface area contributed by atoms with Gasteiger partial charge in [-0.05, 0) is 52.0 Å². The van der Waals surface area contributed by atoms with Crippen molar-refractivity contribution in [2.75, 3.05) is 38.1 Å². The molecule has 0 saturated carbocycles. The smallest absolute Gasteiger partial charge is 0.413 e. The monoisotopic (exact) mass is 630 g/mol. The van der Waals surface area contributed by atoms with E-state index in [4.69, 9.17) is 21.1 Å². The van der Waals surface area contributed by atoms with Crippen LogP contribution in [0.2, 0.25) is 5.02 Å². The second-order valence-electron chi connectivity index (χ2n) is 13.2. The van der Waals surface area contributed by atoms with Crippen LogP contribution >= 0.6 is 11.6 Å². The van der Waals surface area contributed by atoms with Crippen LogP contribution < -0.4 is 11.0 Å². The van der Waals surface area contributed by atoms with E-state index in [1.807, 2.05) is 20.8 Å². The Kier molecular flexibility index (Phi) is 9.13. The van der Waals surface area contributed by atoms with E-state index < -0.39 is 40.6 Å². The zero-order chi connectivity index (χ0) is 32.6. The van der Waals surface area contributed by atoms with Gasteiger partial charge in [-0.15, -0.1) is 0 Å². The minimum absolute atomic E-state index is 0.0123. The second kappa shape index (κ2) is 12.2. The summed E-state index contributed by atoms with van der Waals surface area (Å²) in [4.78, 5) is 72.4. The molecular weight excluding hydrogens is 592 g/mol. The number of anilines is 1. The molecule has 238 valence electrons. The standard InChI is InChI=1S/C30H39ClN6O7/c1-28(2,3)24-37(27(42)44-29(4,5)6)30(7,18-43-24)23(39)34-12-14-35(15-13-34)25(40)32-22-10-11-36(26(41)33-22)20-9-8-19(17-38)21(31)16-20/h8-11,16-17,24H,12-15,18H2,1-7H3,(H,32,33,40,41)/t24-,30+/m1/s1. The van der Waals surface area contributed by atoms with Gasteiger partial charge in [-0.1, -0.05) is 32.4 Å². The van der Waals surface area contributed by atoms with Gasteiger partial charge < -0.3 is 19.3 Å². The van der Waals surface area contributed by atoms with Crippen molar-refractivity contribution in [3.8, 4) is 5.69 Å². The molecule has 1 N–H and O–H groups in total. The topological polar surface area (TPSA) is 143 Å². The largest absolute Gasteiger partial charge is 0.444 e. The van der Waals surface area contributed by atoms with E-state index in [1.165, 1.54) is 38.8 Å². The number of rotatable bonds is 4. The average Bonchev–Trinajstić information content (AvgIpc) is 3.31. The molecule has 0 radical (unpaired) electrons. The molecule has 13 nitrogen and oxygen atoms in total. The third-order valence-corrected chi connectivity index (χ3v) is 7.69. The number of halogens is 1. The molecule has 44 heavy (non-hydrogen) atoms. The fraction of sp³-hybridized carbons (Fsp3) is 0.533. The van der Waals surface area contributed by atoms with Crippen LogP contribution in [-0.2, 0) is 14.3 Å². The number of carbonyl (C=O) groups is 4. The fourth-order valence-electron chi connectivity index (χ4n) is 5.13. The number of carbonyl (C=O) groups excluding carboxylic acids is 4. The van der Waals surface area contributed by atoms with Crippen molar-refractivity contribution >= 4 is 41.7 Å². The highest BCUT2D eigenvalue weighted by Crippen LogP contribution is 2.39. The van der Waals surface area contributed by atoms with Gasteiger partial charge in [-0.25, -0.2) is 14.4 Å². The zero-order valence-corrected chi connectivity index (χ0v) is 26.8. The predicted molar refractivity (Wildman–Crippen MR) is 163 cm³/mol. The highest BCUT2D eigenvalue weighted by molar-refractivity contribution is 6.33. The van der Waals surface area contributed by atoms with Crippen LogP contribution in [0.3, 0.4) is 0 Å². The number of piperazine rings is 1. The Morgan fingerprint density at radius 3 is 2.25 bits per heavy atom. The van der Waals surface area contributed by atoms with Gasteiger partial charge in [-0.3, -0.25) is 24.4 Å². The lowest BCUT2D eigenvalue weighted by molar-refractivity contribution is -0.144. The van der Waals surface area contributed by atoms with Gasteiger partial charge in [0.25, 0.3) is 5.91 Å². The Bertz CT molecular complexity index is 1510. The summed E-state index contributed by atoms with van der Waals surface area (Å²) in [7, 11) is 0. The first-order valence-corrected chi connectivity index (χ1v) is 14.7. The minimum atomic E-state index is -1.30. The van der Waals surface area contributed by atoms with E-state index in [2.05, 4.69) is 10.3 Å². The van der Waals surface area contributed by atoms with E-state index in [0.717, 1.165) is 0 Å². The summed E-state index contributed by atoms with van der Waals surface area (Å²) < 4.78 is 12.9. The van der Waals surface area contributed by atoms with E-state index in [0.29, 0.717) is 17.5 Å². The van der Waals surface area contributed by atoms with E-state index in [9.17, 15) is 24.0 Å². The number of hydrogen-bond donors (Lipinski definition) is 1. The van der Waals surface area contributed by atoms with Crippen LogP contribution in [-0.4, -0.2) is 98.7 Å². The Balaban J connectivity index is 1.41. The van der Waals surface area contributed by atoms with Crippen molar-refractivity contribution in [1.82, 2.24) is 24.3 Å². The number of aldehydes is 1. The van der Waals surface area contributed by atoms with Gasteiger partial charge in [0.05, 0.1) is 17.3 Å². The van der Waals surface area contributed by atoms with E-state index in [1.54, 1.807) is 38.7 Å². The molecule has 0 spiro atoms. The van der Waals surface area contributed by atoms with Crippen LogP contribution in [0.5, 0.6) is 0 Å². The zero-order valence-electron chi connectivity index (χ0n) is 26.0. The SMILES string of the molecule is CC(C)(C)OC(=O)N1[C@@H](C(C)(C)C)OC[C@@]1(C)C(=O)N1CCN(C(=O)Nc2ccn(-c3ccc(C=O)c(Cl)c3)c(=O)n2)CC1. The maximum absolute atomic E-state index is 13.9. The molecule has 0 bridgehead atoms. The van der Waals surface area contributed by atoms with Crippen molar-refractivity contribution in [2.24, 2.45) is 5.41 Å². The number of benzene rings is 1. The molecule has 0 aliphatic carbocycles. The average molecular weight is 631 g/mol. The molecular formula is C30H39ClN6O7. The van der Waals surface area contributed by atoms with Crippen molar-refractivity contribution < 1.29 is 28.7 Å². The second-order valence-corrected chi connectivity index (χ2v) is 13.6. The molecule has 2 aliphatic heterocycles. The summed E-state index contributed by atoms with van der Waals surface area (Å²) in [5.74, 6) is -0.232. The predicted octanol–water partition coefficient (Wildman–Crippen LogP) is 3.77. The Hall–Kier alpha value is -3.97.